The van der Waals surface area contributed by atoms with E-state index in [1.807, 2.05) is 0 Å². The Balaban J connectivity index is 2.05. The monoisotopic (exact) mass is 419 g/mol. The number of rotatable bonds is 16. The van der Waals surface area contributed by atoms with E-state index in [1.54, 1.807) is 0 Å². The van der Waals surface area contributed by atoms with Crippen molar-refractivity contribution in [2.75, 3.05) is 18.9 Å². The summed E-state index contributed by atoms with van der Waals surface area (Å²) in [6.45, 7) is 0.419. The van der Waals surface area contributed by atoms with Gasteiger partial charge in [0.25, 0.3) is 0 Å². The van der Waals surface area contributed by atoms with Crippen LogP contribution in [0.4, 0.5) is 4.39 Å². The van der Waals surface area contributed by atoms with Gasteiger partial charge in [-0.25, -0.2) is 17.5 Å². The van der Waals surface area contributed by atoms with Crippen molar-refractivity contribution in [1.82, 2.24) is 4.72 Å². The van der Waals surface area contributed by atoms with E-state index in [0.717, 1.165) is 12.8 Å². The molecule has 1 unspecified atom stereocenters. The highest BCUT2D eigenvalue weighted by molar-refractivity contribution is 7.89. The van der Waals surface area contributed by atoms with Gasteiger partial charge in [0.2, 0.25) is 10.0 Å². The van der Waals surface area contributed by atoms with E-state index in [4.69, 9.17) is 9.84 Å². The maximum atomic E-state index is 12.8. The van der Waals surface area contributed by atoms with Crippen LogP contribution < -0.4 is 9.46 Å². The van der Waals surface area contributed by atoms with Crippen LogP contribution in [-0.4, -0.2) is 49.6 Å². The molecule has 0 aliphatic carbocycles. The number of nitrogens with one attached hydrogen (secondary N) is 1. The molecular formula is C19H30FNO6S. The Morgan fingerprint density at radius 1 is 1.07 bits per heavy atom. The third-order valence-electron chi connectivity index (χ3n) is 4.10. The molecule has 0 amide bonds. The molecule has 7 nitrogen and oxygen atoms in total. The molecule has 1 atom stereocenters. The maximum Gasteiger partial charge on any atom is 0.303 e. The molecule has 1 rings (SSSR count). The first kappa shape index (κ1) is 24.3. The summed E-state index contributed by atoms with van der Waals surface area (Å²) in [4.78, 5) is 10.4. The smallest absolute Gasteiger partial charge is 0.303 e. The number of aliphatic carboxylic acids is 1. The van der Waals surface area contributed by atoms with Crippen molar-refractivity contribution in [2.45, 2.75) is 57.5 Å². The van der Waals surface area contributed by atoms with Gasteiger partial charge in [-0.1, -0.05) is 12.8 Å². The van der Waals surface area contributed by atoms with Gasteiger partial charge in [0.1, 0.15) is 18.2 Å². The van der Waals surface area contributed by atoms with Crippen molar-refractivity contribution >= 4 is 16.0 Å². The lowest BCUT2D eigenvalue weighted by molar-refractivity contribution is -0.137. The quantitative estimate of drug-likeness (QED) is 0.355. The molecule has 3 N–H and O–H groups in total. The summed E-state index contributed by atoms with van der Waals surface area (Å²) >= 11 is 0. The standard InChI is InChI=1S/C19H30FNO6S/c20-16-9-11-18(12-10-16)27-15-17(22)7-4-6-14-28(25,26)21-13-5-2-1-3-8-19(23)24/h9-12,17,21-22H,1-8,13-15H2,(H,23,24). The highest BCUT2D eigenvalue weighted by Gasteiger charge is 2.11. The summed E-state index contributed by atoms with van der Waals surface area (Å²) in [7, 11) is -3.34. The Morgan fingerprint density at radius 3 is 2.43 bits per heavy atom. The third-order valence-corrected chi connectivity index (χ3v) is 5.57. The van der Waals surface area contributed by atoms with Gasteiger partial charge in [0.05, 0.1) is 11.9 Å². The predicted molar refractivity (Wildman–Crippen MR) is 104 cm³/mol. The molecular weight excluding hydrogens is 389 g/mol. The van der Waals surface area contributed by atoms with E-state index >= 15 is 0 Å². The van der Waals surface area contributed by atoms with E-state index < -0.39 is 22.1 Å². The van der Waals surface area contributed by atoms with E-state index in [2.05, 4.69) is 4.72 Å². The molecule has 0 saturated carbocycles. The summed E-state index contributed by atoms with van der Waals surface area (Å²) in [6, 6.07) is 5.50. The van der Waals surface area contributed by atoms with Crippen LogP contribution in [0.1, 0.15) is 51.4 Å². The molecule has 0 fully saturated rings. The molecule has 28 heavy (non-hydrogen) atoms. The predicted octanol–water partition coefficient (Wildman–Crippen LogP) is 2.69. The molecule has 0 heterocycles. The van der Waals surface area contributed by atoms with Crippen molar-refractivity contribution in [3.8, 4) is 5.75 Å². The zero-order chi connectivity index (χ0) is 20.8. The fraction of sp³-hybridized carbons (Fsp3) is 0.632. The minimum Gasteiger partial charge on any atom is -0.491 e. The summed E-state index contributed by atoms with van der Waals surface area (Å²) in [5.41, 5.74) is 0. The Morgan fingerprint density at radius 2 is 1.75 bits per heavy atom. The number of carboxylic acid groups (broad SMARTS) is 1. The number of hydrogen-bond donors (Lipinski definition) is 3. The number of halogens is 1. The number of aliphatic hydroxyl groups excluding tert-OH is 1. The summed E-state index contributed by atoms with van der Waals surface area (Å²) in [6.07, 6.45) is 3.67. The zero-order valence-electron chi connectivity index (χ0n) is 16.0. The molecule has 0 saturated heterocycles. The molecule has 1 aromatic rings. The second-order valence-corrected chi connectivity index (χ2v) is 8.61. The van der Waals surface area contributed by atoms with Gasteiger partial charge >= 0.3 is 5.97 Å². The molecule has 0 bridgehead atoms. The molecule has 0 spiro atoms. The van der Waals surface area contributed by atoms with E-state index in [-0.39, 0.29) is 24.6 Å². The number of aliphatic hydroxyl groups is 1. The average molecular weight is 420 g/mol. The van der Waals surface area contributed by atoms with Gasteiger partial charge in [-0.3, -0.25) is 4.79 Å². The van der Waals surface area contributed by atoms with Crippen LogP contribution in [0, 0.1) is 5.82 Å². The van der Waals surface area contributed by atoms with E-state index in [9.17, 15) is 22.7 Å². The topological polar surface area (TPSA) is 113 Å². The maximum absolute atomic E-state index is 12.8. The van der Waals surface area contributed by atoms with Crippen LogP contribution in [0.5, 0.6) is 5.75 Å². The van der Waals surface area contributed by atoms with Crippen LogP contribution in [0.2, 0.25) is 0 Å². The summed E-state index contributed by atoms with van der Waals surface area (Å²) < 4.78 is 44.4. The molecule has 0 aromatic heterocycles. The van der Waals surface area contributed by atoms with Gasteiger partial charge < -0.3 is 14.9 Å². The van der Waals surface area contributed by atoms with Crippen molar-refractivity contribution in [2.24, 2.45) is 0 Å². The zero-order valence-corrected chi connectivity index (χ0v) is 16.8. The fourth-order valence-electron chi connectivity index (χ4n) is 2.53. The number of benzene rings is 1. The number of carboxylic acids is 1. The highest BCUT2D eigenvalue weighted by Crippen LogP contribution is 2.12. The first-order valence-corrected chi connectivity index (χ1v) is 11.2. The SMILES string of the molecule is O=C(O)CCCCCCNS(=O)(=O)CCCCC(O)COc1ccc(F)cc1. The second-order valence-electron chi connectivity index (χ2n) is 6.69. The van der Waals surface area contributed by atoms with Crippen LogP contribution in [-0.2, 0) is 14.8 Å². The molecule has 1 aromatic carbocycles. The van der Waals surface area contributed by atoms with Crippen LogP contribution >= 0.6 is 0 Å². The Bertz CT molecular complexity index is 666. The van der Waals surface area contributed by atoms with Gasteiger partial charge in [-0.2, -0.15) is 0 Å². The summed E-state index contributed by atoms with van der Waals surface area (Å²) in [5, 5.41) is 18.4. The third kappa shape index (κ3) is 12.6. The fourth-order valence-corrected chi connectivity index (χ4v) is 3.72. The first-order valence-electron chi connectivity index (χ1n) is 9.54. The summed E-state index contributed by atoms with van der Waals surface area (Å²) in [5.74, 6) is -0.707. The molecule has 0 aliphatic rings. The number of ether oxygens (including phenoxy) is 1. The van der Waals surface area contributed by atoms with Gasteiger partial charge in [0, 0.05) is 13.0 Å². The van der Waals surface area contributed by atoms with E-state index in [1.165, 1.54) is 24.3 Å². The van der Waals surface area contributed by atoms with E-state index in [0.29, 0.717) is 44.4 Å². The lowest BCUT2D eigenvalue weighted by Crippen LogP contribution is -2.27. The van der Waals surface area contributed by atoms with Crippen molar-refractivity contribution in [1.29, 1.82) is 0 Å². The van der Waals surface area contributed by atoms with Crippen LogP contribution in [0.3, 0.4) is 0 Å². The Kier molecular flexibility index (Phi) is 11.7. The number of sulfonamides is 1. The highest BCUT2D eigenvalue weighted by atomic mass is 32.2. The minimum absolute atomic E-state index is 0.00243. The van der Waals surface area contributed by atoms with Gasteiger partial charge in [0.15, 0.2) is 0 Å². The van der Waals surface area contributed by atoms with Gasteiger partial charge in [-0.15, -0.1) is 0 Å². The van der Waals surface area contributed by atoms with Crippen molar-refractivity contribution in [3.63, 3.8) is 0 Å². The van der Waals surface area contributed by atoms with Crippen molar-refractivity contribution in [3.05, 3.63) is 30.1 Å². The van der Waals surface area contributed by atoms with Gasteiger partial charge in [-0.05, 0) is 56.4 Å². The van der Waals surface area contributed by atoms with Crippen LogP contribution in [0.25, 0.3) is 0 Å². The van der Waals surface area contributed by atoms with Crippen molar-refractivity contribution < 1.29 is 32.6 Å². The average Bonchev–Trinajstić information content (AvgIpc) is 2.64. The molecule has 9 heteroatoms. The lowest BCUT2D eigenvalue weighted by Gasteiger charge is -2.12. The molecule has 160 valence electrons. The largest absolute Gasteiger partial charge is 0.491 e. The number of unbranched alkanes of at least 4 members (excludes halogenated alkanes) is 4. The second kappa shape index (κ2) is 13.5. The lowest BCUT2D eigenvalue weighted by atomic mass is 10.1. The Hall–Kier alpha value is -1.71. The minimum atomic E-state index is -3.34. The number of hydrogen-bond acceptors (Lipinski definition) is 5. The normalized spacial score (nSPS) is 12.6. The Labute approximate surface area is 166 Å². The first-order chi connectivity index (χ1) is 13.3. The molecule has 0 aliphatic heterocycles. The van der Waals surface area contributed by atoms with Crippen LogP contribution in [0.15, 0.2) is 24.3 Å². The molecule has 0 radical (unpaired) electrons. The number of carbonyl (C=O) groups is 1.